The van der Waals surface area contributed by atoms with Gasteiger partial charge < -0.3 is 5.32 Å². The van der Waals surface area contributed by atoms with Crippen LogP contribution in [0.1, 0.15) is 16.9 Å². The fourth-order valence-corrected chi connectivity index (χ4v) is 0.795. The third-order valence-corrected chi connectivity index (χ3v) is 1.44. The third kappa shape index (κ3) is 3.46. The molecule has 0 aliphatic rings. The molecule has 4 nitrogen and oxygen atoms in total. The Hall–Kier alpha value is -1.53. The second-order valence-electron chi connectivity index (χ2n) is 2.59. The number of rotatable bonds is 3. The van der Waals surface area contributed by atoms with Gasteiger partial charge in [0.15, 0.2) is 0 Å². The van der Waals surface area contributed by atoms with Crippen LogP contribution in [0, 0.1) is 0 Å². The molecule has 7 heteroatoms. The van der Waals surface area contributed by atoms with E-state index in [1.54, 1.807) is 0 Å². The van der Waals surface area contributed by atoms with Crippen LogP contribution in [0.25, 0.3) is 0 Å². The zero-order chi connectivity index (χ0) is 10.6. The van der Waals surface area contributed by atoms with Crippen LogP contribution < -0.4 is 5.32 Å². The number of carbonyl (C=O) groups is 1. The molecule has 2 N–H and O–H groups in total. The highest BCUT2D eigenvalue weighted by atomic mass is 19.4. The number of carbonyl (C=O) groups excluding carboxylic acids is 1. The first kappa shape index (κ1) is 10.6. The van der Waals surface area contributed by atoms with Gasteiger partial charge >= 0.3 is 6.18 Å². The quantitative estimate of drug-likeness (QED) is 0.779. The predicted molar refractivity (Wildman–Crippen MR) is 41.6 cm³/mol. The fourth-order valence-electron chi connectivity index (χ4n) is 0.795. The number of amides is 1. The lowest BCUT2D eigenvalue weighted by atomic mass is 10.3. The topological polar surface area (TPSA) is 57.8 Å². The van der Waals surface area contributed by atoms with Gasteiger partial charge in [0.1, 0.15) is 5.69 Å². The summed E-state index contributed by atoms with van der Waals surface area (Å²) in [6.45, 7) is -0.429. The monoisotopic (exact) mass is 207 g/mol. The molecule has 1 heterocycles. The summed E-state index contributed by atoms with van der Waals surface area (Å²) in [6.07, 6.45) is -3.94. The number of alkyl halides is 3. The number of H-pyrrole nitrogens is 1. The van der Waals surface area contributed by atoms with Crippen LogP contribution >= 0.6 is 0 Å². The summed E-state index contributed by atoms with van der Waals surface area (Å²) in [5.74, 6) is -0.591. The molecular formula is C7H8F3N3O. The maximum Gasteiger partial charge on any atom is 0.390 e. The average Bonchev–Trinajstić information content (AvgIpc) is 2.53. The van der Waals surface area contributed by atoms with Crippen molar-refractivity contribution >= 4 is 5.91 Å². The standard InChI is InChI=1S/C7H8F3N3O/c8-7(9,10)2-4-11-6(14)5-1-3-12-13-5/h1,3H,2,4H2,(H,11,14)(H,12,13). The molecule has 0 saturated carbocycles. The van der Waals surface area contributed by atoms with E-state index in [2.05, 4.69) is 15.5 Å². The number of nitrogens with one attached hydrogen (secondary N) is 2. The van der Waals surface area contributed by atoms with E-state index >= 15 is 0 Å². The Bertz CT molecular complexity index is 294. The Labute approximate surface area is 77.5 Å². The van der Waals surface area contributed by atoms with Crippen molar-refractivity contribution in [2.75, 3.05) is 6.54 Å². The average molecular weight is 207 g/mol. The zero-order valence-corrected chi connectivity index (χ0v) is 7.06. The number of aromatic nitrogens is 2. The van der Waals surface area contributed by atoms with E-state index in [1.165, 1.54) is 12.3 Å². The fraction of sp³-hybridized carbons (Fsp3) is 0.429. The molecule has 0 aromatic carbocycles. The number of halogens is 3. The summed E-state index contributed by atoms with van der Waals surface area (Å²) in [6, 6.07) is 1.38. The highest BCUT2D eigenvalue weighted by Gasteiger charge is 2.26. The second kappa shape index (κ2) is 4.12. The summed E-state index contributed by atoms with van der Waals surface area (Å²) in [5, 5.41) is 7.94. The van der Waals surface area contributed by atoms with Gasteiger partial charge in [-0.2, -0.15) is 18.3 Å². The molecule has 0 aliphatic heterocycles. The molecule has 0 saturated heterocycles. The SMILES string of the molecule is O=C(NCCC(F)(F)F)c1ccn[nH]1. The molecule has 0 radical (unpaired) electrons. The molecule has 0 unspecified atom stereocenters. The van der Waals surface area contributed by atoms with Crippen LogP contribution in [0.4, 0.5) is 13.2 Å². The van der Waals surface area contributed by atoms with Crippen molar-refractivity contribution in [3.05, 3.63) is 18.0 Å². The summed E-state index contributed by atoms with van der Waals surface area (Å²) in [5.41, 5.74) is 0.146. The Morgan fingerprint density at radius 3 is 2.79 bits per heavy atom. The lowest BCUT2D eigenvalue weighted by Crippen LogP contribution is -2.28. The van der Waals surface area contributed by atoms with Gasteiger partial charge in [-0.05, 0) is 6.07 Å². The molecular weight excluding hydrogens is 199 g/mol. The molecule has 0 aliphatic carbocycles. The predicted octanol–water partition coefficient (Wildman–Crippen LogP) is 1.09. The van der Waals surface area contributed by atoms with Gasteiger partial charge in [-0.15, -0.1) is 0 Å². The van der Waals surface area contributed by atoms with Crippen molar-refractivity contribution < 1.29 is 18.0 Å². The summed E-state index contributed by atoms with van der Waals surface area (Å²) in [7, 11) is 0. The zero-order valence-electron chi connectivity index (χ0n) is 7.06. The Morgan fingerprint density at radius 2 is 2.29 bits per heavy atom. The van der Waals surface area contributed by atoms with E-state index in [0.717, 1.165) is 0 Å². The van der Waals surface area contributed by atoms with E-state index in [9.17, 15) is 18.0 Å². The summed E-state index contributed by atoms with van der Waals surface area (Å²) < 4.78 is 35.0. The third-order valence-electron chi connectivity index (χ3n) is 1.44. The highest BCUT2D eigenvalue weighted by Crippen LogP contribution is 2.18. The maximum atomic E-state index is 11.7. The molecule has 1 amide bonds. The van der Waals surface area contributed by atoms with Gasteiger partial charge in [-0.25, -0.2) is 0 Å². The maximum absolute atomic E-state index is 11.7. The molecule has 0 fully saturated rings. The van der Waals surface area contributed by atoms with Gasteiger partial charge in [-0.3, -0.25) is 9.89 Å². The Balaban J connectivity index is 2.30. The molecule has 0 atom stereocenters. The molecule has 14 heavy (non-hydrogen) atoms. The second-order valence-corrected chi connectivity index (χ2v) is 2.59. The van der Waals surface area contributed by atoms with E-state index < -0.39 is 25.0 Å². The van der Waals surface area contributed by atoms with Gasteiger partial charge in [0, 0.05) is 12.7 Å². The first-order valence-corrected chi connectivity index (χ1v) is 3.83. The largest absolute Gasteiger partial charge is 0.390 e. The van der Waals surface area contributed by atoms with Gasteiger partial charge in [0.2, 0.25) is 0 Å². The lowest BCUT2D eigenvalue weighted by molar-refractivity contribution is -0.132. The van der Waals surface area contributed by atoms with Crippen LogP contribution in [-0.2, 0) is 0 Å². The number of nitrogens with zero attached hydrogens (tertiary/aromatic N) is 1. The van der Waals surface area contributed by atoms with E-state index in [1.807, 2.05) is 0 Å². The van der Waals surface area contributed by atoms with E-state index in [-0.39, 0.29) is 5.69 Å². The van der Waals surface area contributed by atoms with Crippen LogP contribution in [0.15, 0.2) is 12.3 Å². The smallest absolute Gasteiger partial charge is 0.350 e. The van der Waals surface area contributed by atoms with Gasteiger partial charge in [-0.1, -0.05) is 0 Å². The van der Waals surface area contributed by atoms with Crippen LogP contribution in [0.3, 0.4) is 0 Å². The van der Waals surface area contributed by atoms with Crippen molar-refractivity contribution in [3.8, 4) is 0 Å². The molecule has 1 rings (SSSR count). The number of hydrogen-bond acceptors (Lipinski definition) is 2. The van der Waals surface area contributed by atoms with Crippen molar-refractivity contribution in [2.24, 2.45) is 0 Å². The molecule has 78 valence electrons. The number of aromatic amines is 1. The molecule has 1 aromatic heterocycles. The highest BCUT2D eigenvalue weighted by molar-refractivity contribution is 5.91. The van der Waals surface area contributed by atoms with Gasteiger partial charge in [0.05, 0.1) is 6.42 Å². The van der Waals surface area contributed by atoms with Crippen molar-refractivity contribution in [1.82, 2.24) is 15.5 Å². The van der Waals surface area contributed by atoms with E-state index in [0.29, 0.717) is 0 Å². The van der Waals surface area contributed by atoms with Crippen molar-refractivity contribution in [2.45, 2.75) is 12.6 Å². The minimum Gasteiger partial charge on any atom is -0.350 e. The minimum atomic E-state index is -4.25. The van der Waals surface area contributed by atoms with Crippen molar-refractivity contribution in [3.63, 3.8) is 0 Å². The van der Waals surface area contributed by atoms with Crippen LogP contribution in [-0.4, -0.2) is 28.8 Å². The molecule has 0 spiro atoms. The van der Waals surface area contributed by atoms with Crippen LogP contribution in [0.2, 0.25) is 0 Å². The Kier molecular flexibility index (Phi) is 3.10. The van der Waals surface area contributed by atoms with E-state index in [4.69, 9.17) is 0 Å². The molecule has 1 aromatic rings. The first-order valence-electron chi connectivity index (χ1n) is 3.83. The molecule has 0 bridgehead atoms. The minimum absolute atomic E-state index is 0.146. The number of hydrogen-bond donors (Lipinski definition) is 2. The van der Waals surface area contributed by atoms with Gasteiger partial charge in [0.25, 0.3) is 5.91 Å². The summed E-state index contributed by atoms with van der Waals surface area (Å²) >= 11 is 0. The lowest BCUT2D eigenvalue weighted by Gasteiger charge is -2.06. The Morgan fingerprint density at radius 1 is 1.57 bits per heavy atom. The van der Waals surface area contributed by atoms with Crippen LogP contribution in [0.5, 0.6) is 0 Å². The first-order chi connectivity index (χ1) is 6.49. The summed E-state index contributed by atoms with van der Waals surface area (Å²) in [4.78, 5) is 11.0. The normalized spacial score (nSPS) is 11.4. The van der Waals surface area contributed by atoms with Crippen molar-refractivity contribution in [1.29, 1.82) is 0 Å².